The third kappa shape index (κ3) is 6.40. The molecule has 90 valence electrons. The van der Waals surface area contributed by atoms with Crippen LogP contribution in [0.5, 0.6) is 5.75 Å². The van der Waals surface area contributed by atoms with Crippen molar-refractivity contribution >= 4 is 0 Å². The maximum atomic E-state index is 5.49. The summed E-state index contributed by atoms with van der Waals surface area (Å²) in [6.45, 7) is 5.08. The van der Waals surface area contributed by atoms with Crippen LogP contribution in [0.25, 0.3) is 0 Å². The highest BCUT2D eigenvalue weighted by Gasteiger charge is 1.93. The molecule has 1 aromatic carbocycles. The largest absolute Gasteiger partial charge is 0.491 e. The van der Waals surface area contributed by atoms with Crippen molar-refractivity contribution in [3.05, 3.63) is 30.3 Å². The van der Waals surface area contributed by atoms with Crippen molar-refractivity contribution in [3.8, 4) is 5.75 Å². The molecule has 0 radical (unpaired) electrons. The zero-order valence-corrected chi connectivity index (χ0v) is 9.73. The van der Waals surface area contributed by atoms with Crippen molar-refractivity contribution in [1.82, 2.24) is 0 Å². The number of nitrogens with two attached hydrogens (primary N) is 1. The first-order valence-electron chi connectivity index (χ1n) is 5.80. The molecule has 0 bridgehead atoms. The summed E-state index contributed by atoms with van der Waals surface area (Å²) >= 11 is 0. The summed E-state index contributed by atoms with van der Waals surface area (Å²) in [5, 5.41) is 2.21. The number of ether oxygens (including phenoxy) is 2. The number of hydrogen-bond acceptors (Lipinski definition) is 2. The van der Waals surface area contributed by atoms with Crippen LogP contribution in [0.3, 0.4) is 0 Å². The van der Waals surface area contributed by atoms with Crippen LogP contribution in [0.1, 0.15) is 0 Å². The lowest BCUT2D eigenvalue weighted by atomic mass is 10.3. The first-order chi connectivity index (χ1) is 7.93. The molecule has 0 unspecified atom stereocenters. The number of benzene rings is 1. The van der Waals surface area contributed by atoms with E-state index in [1.807, 2.05) is 30.3 Å². The average molecular weight is 226 g/mol. The summed E-state index contributed by atoms with van der Waals surface area (Å²) in [6.07, 6.45) is 0. The van der Waals surface area contributed by atoms with Gasteiger partial charge in [-0.05, 0) is 12.1 Å². The molecular weight excluding hydrogens is 204 g/mol. The second-order valence-electron chi connectivity index (χ2n) is 3.49. The van der Waals surface area contributed by atoms with E-state index in [1.54, 1.807) is 0 Å². The van der Waals surface area contributed by atoms with Gasteiger partial charge < -0.3 is 20.5 Å². The molecule has 5 N–H and O–H groups in total. The zero-order valence-electron chi connectivity index (χ0n) is 9.73. The molecule has 1 aromatic rings. The van der Waals surface area contributed by atoms with E-state index in [0.717, 1.165) is 32.0 Å². The minimum Gasteiger partial charge on any atom is -0.491 e. The van der Waals surface area contributed by atoms with Crippen molar-refractivity contribution in [2.75, 3.05) is 39.5 Å². The van der Waals surface area contributed by atoms with Crippen LogP contribution in [-0.2, 0) is 4.74 Å². The molecule has 16 heavy (non-hydrogen) atoms. The van der Waals surface area contributed by atoms with E-state index in [0.29, 0.717) is 13.2 Å². The predicted octanol–water partition coefficient (Wildman–Crippen LogP) is -1.11. The van der Waals surface area contributed by atoms with E-state index in [9.17, 15) is 0 Å². The normalized spacial score (nSPS) is 10.3. The maximum Gasteiger partial charge on any atom is 0.125 e. The van der Waals surface area contributed by atoms with E-state index in [1.165, 1.54) is 0 Å². The smallest absolute Gasteiger partial charge is 0.125 e. The number of para-hydroxylation sites is 1. The molecule has 0 aliphatic rings. The Morgan fingerprint density at radius 1 is 1.00 bits per heavy atom. The minimum atomic E-state index is 0.610. The fourth-order valence-electron chi connectivity index (χ4n) is 1.29. The van der Waals surface area contributed by atoms with Crippen molar-refractivity contribution in [1.29, 1.82) is 0 Å². The van der Waals surface area contributed by atoms with Crippen molar-refractivity contribution in [2.45, 2.75) is 0 Å². The van der Waals surface area contributed by atoms with Crippen LogP contribution >= 0.6 is 0 Å². The van der Waals surface area contributed by atoms with Crippen LogP contribution < -0.4 is 15.8 Å². The summed E-state index contributed by atoms with van der Waals surface area (Å²) in [5.41, 5.74) is 3.77. The molecule has 0 aromatic heterocycles. The van der Waals surface area contributed by atoms with Gasteiger partial charge in [0, 0.05) is 0 Å². The van der Waals surface area contributed by atoms with Gasteiger partial charge in [0.25, 0.3) is 0 Å². The number of hydrogen-bond donors (Lipinski definition) is 2. The SMILES string of the molecule is [NH3+]CC[NH2+]CCOCCOc1ccccc1. The molecule has 0 spiro atoms. The first-order valence-corrected chi connectivity index (χ1v) is 5.80. The second-order valence-corrected chi connectivity index (χ2v) is 3.49. The molecule has 0 saturated heterocycles. The third-order valence-corrected chi connectivity index (χ3v) is 2.11. The Morgan fingerprint density at radius 3 is 2.56 bits per heavy atom. The standard InChI is InChI=1S/C12H20N2O2/c13-6-7-14-8-9-15-10-11-16-12-4-2-1-3-5-12/h1-5,14H,6-11,13H2/p+2. The Hall–Kier alpha value is -1.10. The van der Waals surface area contributed by atoms with Gasteiger partial charge >= 0.3 is 0 Å². The highest BCUT2D eigenvalue weighted by molar-refractivity contribution is 5.20. The molecule has 1 rings (SSSR count). The van der Waals surface area contributed by atoms with Gasteiger partial charge in [-0.15, -0.1) is 0 Å². The lowest BCUT2D eigenvalue weighted by Crippen LogP contribution is -2.88. The van der Waals surface area contributed by atoms with E-state index < -0.39 is 0 Å². The van der Waals surface area contributed by atoms with Crippen molar-refractivity contribution in [2.24, 2.45) is 0 Å². The van der Waals surface area contributed by atoms with Crippen LogP contribution in [0, 0.1) is 0 Å². The maximum absolute atomic E-state index is 5.49. The van der Waals surface area contributed by atoms with Crippen LogP contribution in [-0.4, -0.2) is 39.5 Å². The van der Waals surface area contributed by atoms with Gasteiger partial charge in [0.05, 0.1) is 19.8 Å². The Morgan fingerprint density at radius 2 is 1.81 bits per heavy atom. The molecule has 0 saturated carbocycles. The van der Waals surface area contributed by atoms with Gasteiger partial charge in [-0.3, -0.25) is 0 Å². The fraction of sp³-hybridized carbons (Fsp3) is 0.500. The summed E-state index contributed by atoms with van der Waals surface area (Å²) in [5.74, 6) is 0.898. The van der Waals surface area contributed by atoms with Gasteiger partial charge in [0.1, 0.15) is 25.4 Å². The molecule has 4 nitrogen and oxygen atoms in total. The summed E-state index contributed by atoms with van der Waals surface area (Å²) in [6, 6.07) is 9.79. The monoisotopic (exact) mass is 226 g/mol. The van der Waals surface area contributed by atoms with Crippen LogP contribution in [0.2, 0.25) is 0 Å². The van der Waals surface area contributed by atoms with Crippen molar-refractivity contribution in [3.63, 3.8) is 0 Å². The lowest BCUT2D eigenvalue weighted by Gasteiger charge is -2.06. The molecule has 0 fully saturated rings. The summed E-state index contributed by atoms with van der Waals surface area (Å²) < 4.78 is 10.9. The third-order valence-electron chi connectivity index (χ3n) is 2.11. The van der Waals surface area contributed by atoms with Gasteiger partial charge in [-0.1, -0.05) is 18.2 Å². The topological polar surface area (TPSA) is 62.7 Å². The van der Waals surface area contributed by atoms with Gasteiger partial charge in [0.2, 0.25) is 0 Å². The molecule has 0 amide bonds. The summed E-state index contributed by atoms with van der Waals surface area (Å²) in [4.78, 5) is 0. The highest BCUT2D eigenvalue weighted by atomic mass is 16.5. The van der Waals surface area contributed by atoms with E-state index >= 15 is 0 Å². The Kier molecular flexibility index (Phi) is 7.42. The molecule has 0 aliphatic carbocycles. The van der Waals surface area contributed by atoms with Crippen LogP contribution in [0.15, 0.2) is 30.3 Å². The van der Waals surface area contributed by atoms with Gasteiger partial charge in [-0.25, -0.2) is 0 Å². The van der Waals surface area contributed by atoms with Crippen LogP contribution in [0.4, 0.5) is 0 Å². The number of rotatable bonds is 9. The second kappa shape index (κ2) is 9.15. The average Bonchev–Trinajstić information content (AvgIpc) is 2.34. The Bertz CT molecular complexity index is 254. The quantitative estimate of drug-likeness (QED) is 0.524. The molecular formula is C12H22N2O2+2. The number of quaternary nitrogens is 2. The molecule has 4 heteroatoms. The van der Waals surface area contributed by atoms with Crippen molar-refractivity contribution < 1.29 is 20.5 Å². The first kappa shape index (κ1) is 13.0. The highest BCUT2D eigenvalue weighted by Crippen LogP contribution is 2.07. The van der Waals surface area contributed by atoms with Gasteiger partial charge in [0.15, 0.2) is 0 Å². The molecule has 0 atom stereocenters. The zero-order chi connectivity index (χ0) is 11.5. The molecule has 0 aliphatic heterocycles. The minimum absolute atomic E-state index is 0.610. The van der Waals surface area contributed by atoms with E-state index in [-0.39, 0.29) is 0 Å². The van der Waals surface area contributed by atoms with E-state index in [4.69, 9.17) is 9.47 Å². The Labute approximate surface area is 96.7 Å². The predicted molar refractivity (Wildman–Crippen MR) is 62.2 cm³/mol. The Balaban J connectivity index is 1.89. The van der Waals surface area contributed by atoms with E-state index in [2.05, 4.69) is 11.1 Å². The lowest BCUT2D eigenvalue weighted by molar-refractivity contribution is -0.671. The molecule has 0 heterocycles. The summed E-state index contributed by atoms with van der Waals surface area (Å²) in [7, 11) is 0. The van der Waals surface area contributed by atoms with Gasteiger partial charge in [-0.2, -0.15) is 0 Å². The fourth-order valence-corrected chi connectivity index (χ4v) is 1.29.